The summed E-state index contributed by atoms with van der Waals surface area (Å²) in [5.41, 5.74) is 0.476. The Bertz CT molecular complexity index is 327. The first-order chi connectivity index (χ1) is 6.09. The maximum Gasteiger partial charge on any atom is 0.217 e. The first-order valence-electron chi connectivity index (χ1n) is 3.78. The van der Waals surface area contributed by atoms with E-state index in [1.54, 1.807) is 12.1 Å². The minimum atomic E-state index is -0.308. The van der Waals surface area contributed by atoms with Gasteiger partial charge in [0.15, 0.2) is 0 Å². The van der Waals surface area contributed by atoms with E-state index in [1.165, 1.54) is 13.0 Å². The number of benzene rings is 1. The fraction of sp³-hybridized carbons (Fsp3) is 0.222. The summed E-state index contributed by atoms with van der Waals surface area (Å²) in [6, 6.07) is 4.62. The monoisotopic (exact) mass is 245 g/mol. The zero-order valence-corrected chi connectivity index (χ0v) is 8.69. The van der Waals surface area contributed by atoms with Gasteiger partial charge in [0.2, 0.25) is 5.91 Å². The van der Waals surface area contributed by atoms with Crippen LogP contribution in [-0.2, 0) is 11.3 Å². The highest BCUT2D eigenvalue weighted by atomic mass is 79.9. The molecule has 70 valence electrons. The van der Waals surface area contributed by atoms with Gasteiger partial charge in [-0.1, -0.05) is 15.9 Å². The minimum absolute atomic E-state index is 0.167. The van der Waals surface area contributed by atoms with Crippen molar-refractivity contribution in [3.8, 4) is 0 Å². The zero-order valence-electron chi connectivity index (χ0n) is 7.10. The lowest BCUT2D eigenvalue weighted by atomic mass is 10.2. The van der Waals surface area contributed by atoms with E-state index >= 15 is 0 Å². The van der Waals surface area contributed by atoms with Crippen LogP contribution in [0.2, 0.25) is 0 Å². The van der Waals surface area contributed by atoms with Crippen LogP contribution in [0.3, 0.4) is 0 Å². The van der Waals surface area contributed by atoms with Crippen molar-refractivity contribution in [1.29, 1.82) is 0 Å². The predicted octanol–water partition coefficient (Wildman–Crippen LogP) is 2.22. The van der Waals surface area contributed by atoms with E-state index in [4.69, 9.17) is 0 Å². The zero-order chi connectivity index (χ0) is 9.84. The van der Waals surface area contributed by atoms with Crippen molar-refractivity contribution in [3.63, 3.8) is 0 Å². The summed E-state index contributed by atoms with van der Waals surface area (Å²) >= 11 is 3.22. The van der Waals surface area contributed by atoms with Gasteiger partial charge in [-0.15, -0.1) is 0 Å². The fourth-order valence-corrected chi connectivity index (χ4v) is 1.31. The van der Waals surface area contributed by atoms with Gasteiger partial charge in [0.25, 0.3) is 0 Å². The summed E-state index contributed by atoms with van der Waals surface area (Å²) in [4.78, 5) is 10.6. The molecule has 0 aliphatic heterocycles. The molecule has 0 atom stereocenters. The molecule has 1 aromatic carbocycles. The average molecular weight is 246 g/mol. The average Bonchev–Trinajstić information content (AvgIpc) is 2.06. The van der Waals surface area contributed by atoms with Crippen LogP contribution in [0.4, 0.5) is 4.39 Å². The fourth-order valence-electron chi connectivity index (χ4n) is 0.898. The van der Waals surface area contributed by atoms with Crippen molar-refractivity contribution in [3.05, 3.63) is 34.1 Å². The molecule has 1 N–H and O–H groups in total. The van der Waals surface area contributed by atoms with Crippen molar-refractivity contribution >= 4 is 21.8 Å². The summed E-state index contributed by atoms with van der Waals surface area (Å²) in [5, 5.41) is 2.53. The summed E-state index contributed by atoms with van der Waals surface area (Å²) in [5.74, 6) is -0.476. The molecule has 0 heterocycles. The first-order valence-corrected chi connectivity index (χ1v) is 4.57. The standard InChI is InChI=1S/C9H9BrFNO/c1-6(13)12-5-7-4-8(10)2-3-9(7)11/h2-4H,5H2,1H3,(H,12,13). The lowest BCUT2D eigenvalue weighted by molar-refractivity contribution is -0.119. The molecule has 0 radical (unpaired) electrons. The van der Waals surface area contributed by atoms with E-state index < -0.39 is 0 Å². The maximum absolute atomic E-state index is 13.0. The molecule has 0 saturated carbocycles. The Morgan fingerprint density at radius 2 is 2.31 bits per heavy atom. The second-order valence-electron chi connectivity index (χ2n) is 2.65. The molecule has 0 fully saturated rings. The predicted molar refractivity (Wildman–Crippen MR) is 51.6 cm³/mol. The van der Waals surface area contributed by atoms with Crippen LogP contribution in [0, 0.1) is 5.82 Å². The second kappa shape index (κ2) is 4.37. The highest BCUT2D eigenvalue weighted by molar-refractivity contribution is 9.10. The lowest BCUT2D eigenvalue weighted by Gasteiger charge is -2.04. The van der Waals surface area contributed by atoms with Crippen LogP contribution in [0.5, 0.6) is 0 Å². The van der Waals surface area contributed by atoms with E-state index in [1.807, 2.05) is 0 Å². The molecule has 0 spiro atoms. The van der Waals surface area contributed by atoms with Gasteiger partial charge in [0, 0.05) is 23.5 Å². The SMILES string of the molecule is CC(=O)NCc1cc(Br)ccc1F. The smallest absolute Gasteiger partial charge is 0.217 e. The Hall–Kier alpha value is -0.900. The maximum atomic E-state index is 13.0. The third-order valence-electron chi connectivity index (χ3n) is 1.54. The molecule has 1 rings (SSSR count). The van der Waals surface area contributed by atoms with E-state index in [2.05, 4.69) is 21.2 Å². The Balaban J connectivity index is 2.75. The van der Waals surface area contributed by atoms with Crippen LogP contribution in [0.25, 0.3) is 0 Å². The summed E-state index contributed by atoms with van der Waals surface area (Å²) < 4.78 is 13.8. The third-order valence-corrected chi connectivity index (χ3v) is 2.03. The van der Waals surface area contributed by atoms with Gasteiger partial charge in [-0.2, -0.15) is 0 Å². The van der Waals surface area contributed by atoms with Crippen LogP contribution in [-0.4, -0.2) is 5.91 Å². The summed E-state index contributed by atoms with van der Waals surface area (Å²) in [6.07, 6.45) is 0. The normalized spacial score (nSPS) is 9.77. The molecule has 4 heteroatoms. The van der Waals surface area contributed by atoms with Crippen molar-refractivity contribution in [2.75, 3.05) is 0 Å². The molecule has 0 bridgehead atoms. The third kappa shape index (κ3) is 3.14. The van der Waals surface area contributed by atoms with Gasteiger partial charge in [0.1, 0.15) is 5.82 Å². The van der Waals surface area contributed by atoms with E-state index in [9.17, 15) is 9.18 Å². The minimum Gasteiger partial charge on any atom is -0.352 e. The van der Waals surface area contributed by atoms with Crippen LogP contribution in [0.1, 0.15) is 12.5 Å². The number of rotatable bonds is 2. The molecule has 1 aromatic rings. The first kappa shape index (κ1) is 10.2. The molecule has 13 heavy (non-hydrogen) atoms. The largest absolute Gasteiger partial charge is 0.352 e. The number of hydrogen-bond acceptors (Lipinski definition) is 1. The Morgan fingerprint density at radius 1 is 1.62 bits per heavy atom. The number of nitrogens with one attached hydrogen (secondary N) is 1. The van der Waals surface area contributed by atoms with E-state index in [-0.39, 0.29) is 18.3 Å². The lowest BCUT2D eigenvalue weighted by Crippen LogP contribution is -2.19. The van der Waals surface area contributed by atoms with Gasteiger partial charge in [-0.25, -0.2) is 4.39 Å². The molecular formula is C9H9BrFNO. The van der Waals surface area contributed by atoms with Crippen LogP contribution < -0.4 is 5.32 Å². The van der Waals surface area contributed by atoms with Crippen molar-refractivity contribution < 1.29 is 9.18 Å². The number of carbonyl (C=O) groups excluding carboxylic acids is 1. The molecule has 0 aromatic heterocycles. The number of hydrogen-bond donors (Lipinski definition) is 1. The highest BCUT2D eigenvalue weighted by Gasteiger charge is 2.02. The van der Waals surface area contributed by atoms with Crippen LogP contribution in [0.15, 0.2) is 22.7 Å². The Morgan fingerprint density at radius 3 is 2.92 bits per heavy atom. The molecule has 0 unspecified atom stereocenters. The molecule has 1 amide bonds. The Labute approximate surface area is 84.3 Å². The van der Waals surface area contributed by atoms with Crippen molar-refractivity contribution in [2.45, 2.75) is 13.5 Å². The van der Waals surface area contributed by atoms with E-state index in [0.717, 1.165) is 4.47 Å². The van der Waals surface area contributed by atoms with Gasteiger partial charge < -0.3 is 5.32 Å². The van der Waals surface area contributed by atoms with Gasteiger partial charge in [0.05, 0.1) is 0 Å². The highest BCUT2D eigenvalue weighted by Crippen LogP contribution is 2.15. The van der Waals surface area contributed by atoms with Gasteiger partial charge in [-0.3, -0.25) is 4.79 Å². The number of carbonyl (C=O) groups is 1. The molecule has 0 saturated heterocycles. The molecule has 2 nitrogen and oxygen atoms in total. The van der Waals surface area contributed by atoms with Crippen molar-refractivity contribution in [2.24, 2.45) is 0 Å². The number of halogens is 2. The van der Waals surface area contributed by atoms with E-state index in [0.29, 0.717) is 5.56 Å². The van der Waals surface area contributed by atoms with Gasteiger partial charge in [-0.05, 0) is 18.2 Å². The molecular weight excluding hydrogens is 237 g/mol. The van der Waals surface area contributed by atoms with Crippen LogP contribution >= 0.6 is 15.9 Å². The Kier molecular flexibility index (Phi) is 3.42. The molecule has 0 aliphatic carbocycles. The number of amides is 1. The van der Waals surface area contributed by atoms with Gasteiger partial charge >= 0.3 is 0 Å². The summed E-state index contributed by atoms with van der Waals surface area (Å²) in [7, 11) is 0. The topological polar surface area (TPSA) is 29.1 Å². The summed E-state index contributed by atoms with van der Waals surface area (Å²) in [6.45, 7) is 1.62. The van der Waals surface area contributed by atoms with Crippen molar-refractivity contribution in [1.82, 2.24) is 5.32 Å². The second-order valence-corrected chi connectivity index (χ2v) is 3.56. The molecule has 0 aliphatic rings. The quantitative estimate of drug-likeness (QED) is 0.851.